The minimum absolute atomic E-state index is 0.387. The number of hydrogen-bond acceptors (Lipinski definition) is 4. The Labute approximate surface area is 99.0 Å². The summed E-state index contributed by atoms with van der Waals surface area (Å²) in [4.78, 5) is 10.7. The zero-order chi connectivity index (χ0) is 11.3. The lowest BCUT2D eigenvalue weighted by Gasteiger charge is -2.26. The van der Waals surface area contributed by atoms with E-state index in [-0.39, 0.29) is 0 Å². The number of hydrogen-bond donors (Lipinski definition) is 1. The Hall–Kier alpha value is -0.680. The highest BCUT2D eigenvalue weighted by Crippen LogP contribution is 2.13. The maximum Gasteiger partial charge on any atom is 0.225 e. The lowest BCUT2D eigenvalue weighted by atomic mass is 10.3. The molecule has 0 fully saturated rings. The van der Waals surface area contributed by atoms with Gasteiger partial charge in [-0.2, -0.15) is 0 Å². The monoisotopic (exact) mass is 272 g/mol. The van der Waals surface area contributed by atoms with Crippen molar-refractivity contribution in [2.45, 2.75) is 26.3 Å². The van der Waals surface area contributed by atoms with E-state index in [4.69, 9.17) is 5.73 Å². The summed E-state index contributed by atoms with van der Waals surface area (Å²) < 4.78 is 0.897. The predicted molar refractivity (Wildman–Crippen MR) is 65.9 cm³/mol. The molecule has 15 heavy (non-hydrogen) atoms. The van der Waals surface area contributed by atoms with Gasteiger partial charge in [0.2, 0.25) is 5.95 Å². The Morgan fingerprint density at radius 3 is 2.47 bits per heavy atom. The molecule has 0 saturated carbocycles. The normalized spacial score (nSPS) is 10.7. The average molecular weight is 273 g/mol. The third-order valence-electron chi connectivity index (χ3n) is 2.09. The van der Waals surface area contributed by atoms with Crippen molar-refractivity contribution in [1.29, 1.82) is 0 Å². The number of aromatic nitrogens is 2. The van der Waals surface area contributed by atoms with E-state index in [0.29, 0.717) is 12.6 Å². The van der Waals surface area contributed by atoms with Gasteiger partial charge >= 0.3 is 0 Å². The van der Waals surface area contributed by atoms with Gasteiger partial charge in [0.25, 0.3) is 0 Å². The molecule has 0 amide bonds. The lowest BCUT2D eigenvalue weighted by Crippen LogP contribution is -2.34. The second-order valence-electron chi connectivity index (χ2n) is 3.63. The summed E-state index contributed by atoms with van der Waals surface area (Å²) in [5.41, 5.74) is 5.50. The van der Waals surface area contributed by atoms with Gasteiger partial charge in [-0.05, 0) is 42.7 Å². The van der Waals surface area contributed by atoms with Crippen LogP contribution in [0.4, 0.5) is 5.95 Å². The molecule has 0 aromatic carbocycles. The molecule has 5 heteroatoms. The predicted octanol–water partition coefficient (Wildman–Crippen LogP) is 1.80. The molecule has 0 aliphatic carbocycles. The number of halogens is 1. The smallest absolute Gasteiger partial charge is 0.225 e. The second kappa shape index (κ2) is 6.02. The molecular weight excluding hydrogens is 256 g/mol. The summed E-state index contributed by atoms with van der Waals surface area (Å²) in [6.45, 7) is 5.85. The Morgan fingerprint density at radius 2 is 2.00 bits per heavy atom. The number of anilines is 1. The highest BCUT2D eigenvalue weighted by Gasteiger charge is 2.12. The Bertz CT molecular complexity index is 286. The first-order chi connectivity index (χ1) is 7.15. The van der Waals surface area contributed by atoms with Gasteiger partial charge in [-0.1, -0.05) is 0 Å². The molecule has 84 valence electrons. The van der Waals surface area contributed by atoms with Crippen molar-refractivity contribution in [1.82, 2.24) is 9.97 Å². The summed E-state index contributed by atoms with van der Waals surface area (Å²) in [6.07, 6.45) is 4.48. The lowest BCUT2D eigenvalue weighted by molar-refractivity contribution is 0.639. The van der Waals surface area contributed by atoms with Crippen molar-refractivity contribution in [3.63, 3.8) is 0 Å². The van der Waals surface area contributed by atoms with Crippen molar-refractivity contribution in [2.75, 3.05) is 18.0 Å². The molecule has 0 spiro atoms. The zero-order valence-electron chi connectivity index (χ0n) is 9.15. The Balaban J connectivity index is 2.74. The first-order valence-corrected chi connectivity index (χ1v) is 5.88. The molecule has 0 atom stereocenters. The highest BCUT2D eigenvalue weighted by atomic mass is 79.9. The van der Waals surface area contributed by atoms with Gasteiger partial charge in [0.1, 0.15) is 0 Å². The topological polar surface area (TPSA) is 55.0 Å². The van der Waals surface area contributed by atoms with E-state index in [2.05, 4.69) is 44.6 Å². The van der Waals surface area contributed by atoms with Crippen LogP contribution < -0.4 is 10.6 Å². The molecule has 1 rings (SSSR count). The quantitative estimate of drug-likeness (QED) is 0.888. The fourth-order valence-corrected chi connectivity index (χ4v) is 1.51. The third kappa shape index (κ3) is 3.76. The van der Waals surface area contributed by atoms with Crippen LogP contribution in [0.15, 0.2) is 16.9 Å². The summed E-state index contributed by atoms with van der Waals surface area (Å²) in [7, 11) is 0. The van der Waals surface area contributed by atoms with Crippen molar-refractivity contribution in [3.8, 4) is 0 Å². The van der Waals surface area contributed by atoms with E-state index < -0.39 is 0 Å². The van der Waals surface area contributed by atoms with E-state index in [9.17, 15) is 0 Å². The van der Waals surface area contributed by atoms with Gasteiger partial charge in [0.15, 0.2) is 0 Å². The molecule has 1 heterocycles. The summed E-state index contributed by atoms with van der Waals surface area (Å²) in [5.74, 6) is 0.765. The van der Waals surface area contributed by atoms with E-state index >= 15 is 0 Å². The van der Waals surface area contributed by atoms with Crippen LogP contribution in [0.2, 0.25) is 0 Å². The zero-order valence-corrected chi connectivity index (χ0v) is 10.7. The molecule has 0 unspecified atom stereocenters. The molecule has 0 aliphatic heterocycles. The molecule has 1 aromatic rings. The molecule has 1 aromatic heterocycles. The van der Waals surface area contributed by atoms with Crippen molar-refractivity contribution >= 4 is 21.9 Å². The van der Waals surface area contributed by atoms with Gasteiger partial charge in [-0.3, -0.25) is 0 Å². The van der Waals surface area contributed by atoms with Crippen molar-refractivity contribution < 1.29 is 0 Å². The van der Waals surface area contributed by atoms with Crippen LogP contribution in [-0.2, 0) is 0 Å². The van der Waals surface area contributed by atoms with Gasteiger partial charge in [0, 0.05) is 25.0 Å². The maximum absolute atomic E-state index is 5.50. The largest absolute Gasteiger partial charge is 0.338 e. The molecule has 2 N–H and O–H groups in total. The minimum Gasteiger partial charge on any atom is -0.338 e. The van der Waals surface area contributed by atoms with Crippen molar-refractivity contribution in [2.24, 2.45) is 5.73 Å². The minimum atomic E-state index is 0.387. The number of rotatable bonds is 5. The van der Waals surface area contributed by atoms with Gasteiger partial charge in [-0.15, -0.1) is 0 Å². The molecule has 0 bridgehead atoms. The Kier molecular flexibility index (Phi) is 4.98. The van der Waals surface area contributed by atoms with Crippen LogP contribution in [0.5, 0.6) is 0 Å². The summed E-state index contributed by atoms with van der Waals surface area (Å²) >= 11 is 3.32. The van der Waals surface area contributed by atoms with Crippen LogP contribution in [-0.4, -0.2) is 29.1 Å². The SMILES string of the molecule is CC(C)N(CCCN)c1ncc(Br)cn1. The van der Waals surface area contributed by atoms with E-state index in [1.54, 1.807) is 12.4 Å². The fraction of sp³-hybridized carbons (Fsp3) is 0.600. The van der Waals surface area contributed by atoms with Gasteiger partial charge < -0.3 is 10.6 Å². The van der Waals surface area contributed by atoms with E-state index in [1.165, 1.54) is 0 Å². The number of nitrogens with two attached hydrogens (primary N) is 1. The standard InChI is InChI=1S/C10H17BrN4/c1-8(2)15(5-3-4-12)10-13-6-9(11)7-14-10/h6-8H,3-5,12H2,1-2H3. The van der Waals surface area contributed by atoms with Gasteiger partial charge in [0.05, 0.1) is 4.47 Å². The first kappa shape index (κ1) is 12.4. The van der Waals surface area contributed by atoms with Gasteiger partial charge in [-0.25, -0.2) is 9.97 Å². The fourth-order valence-electron chi connectivity index (χ4n) is 1.30. The third-order valence-corrected chi connectivity index (χ3v) is 2.50. The van der Waals surface area contributed by atoms with Crippen LogP contribution >= 0.6 is 15.9 Å². The molecule has 4 nitrogen and oxygen atoms in total. The van der Waals surface area contributed by atoms with Crippen molar-refractivity contribution in [3.05, 3.63) is 16.9 Å². The van der Waals surface area contributed by atoms with Crippen LogP contribution in [0.1, 0.15) is 20.3 Å². The maximum atomic E-state index is 5.50. The van der Waals surface area contributed by atoms with Crippen LogP contribution in [0.3, 0.4) is 0 Å². The summed E-state index contributed by atoms with van der Waals surface area (Å²) in [6, 6.07) is 0.387. The molecule has 0 radical (unpaired) electrons. The second-order valence-corrected chi connectivity index (χ2v) is 4.55. The summed E-state index contributed by atoms with van der Waals surface area (Å²) in [5, 5.41) is 0. The molecule has 0 aliphatic rings. The average Bonchev–Trinajstić information content (AvgIpc) is 2.21. The first-order valence-electron chi connectivity index (χ1n) is 5.09. The van der Waals surface area contributed by atoms with Crippen LogP contribution in [0.25, 0.3) is 0 Å². The molecular formula is C10H17BrN4. The van der Waals surface area contributed by atoms with Crippen LogP contribution in [0, 0.1) is 0 Å². The Morgan fingerprint density at radius 1 is 1.40 bits per heavy atom. The van der Waals surface area contributed by atoms with E-state index in [1.807, 2.05) is 0 Å². The number of nitrogens with zero attached hydrogens (tertiary/aromatic N) is 3. The molecule has 0 saturated heterocycles. The highest BCUT2D eigenvalue weighted by molar-refractivity contribution is 9.10. The van der Waals surface area contributed by atoms with E-state index in [0.717, 1.165) is 23.4 Å².